The van der Waals surface area contributed by atoms with Gasteiger partial charge in [-0.2, -0.15) is 0 Å². The molecule has 0 aromatic heterocycles. The van der Waals surface area contributed by atoms with Crippen LogP contribution < -0.4 is 10.6 Å². The second-order valence-corrected chi connectivity index (χ2v) is 5.00. The Hall–Kier alpha value is -1.79. The molecule has 0 aromatic rings. The molecule has 0 aliphatic carbocycles. The largest absolute Gasteiger partial charge is 0.481 e. The molecule has 0 rings (SSSR count). The number of carbonyl (C=O) groups is 3. The van der Waals surface area contributed by atoms with Crippen LogP contribution in [0.15, 0.2) is 0 Å². The third kappa shape index (κ3) is 6.96. The van der Waals surface area contributed by atoms with Crippen molar-refractivity contribution in [2.24, 2.45) is 11.8 Å². The molecular formula is C13H24N2O5. The van der Waals surface area contributed by atoms with Crippen LogP contribution in [-0.4, -0.2) is 42.8 Å². The van der Waals surface area contributed by atoms with E-state index in [9.17, 15) is 14.4 Å². The minimum absolute atomic E-state index is 0.0211. The van der Waals surface area contributed by atoms with Gasteiger partial charge in [-0.05, 0) is 18.8 Å². The van der Waals surface area contributed by atoms with Crippen molar-refractivity contribution in [3.05, 3.63) is 0 Å². The third-order valence-electron chi connectivity index (χ3n) is 2.85. The average molecular weight is 288 g/mol. The van der Waals surface area contributed by atoms with Gasteiger partial charge >= 0.3 is 18.0 Å². The van der Waals surface area contributed by atoms with Crippen molar-refractivity contribution < 1.29 is 24.2 Å². The molecule has 0 aromatic carbocycles. The first-order valence-electron chi connectivity index (χ1n) is 6.66. The molecule has 0 bridgehead atoms. The Kier molecular flexibility index (Phi) is 8.35. The maximum Gasteiger partial charge on any atom is 0.328 e. The summed E-state index contributed by atoms with van der Waals surface area (Å²) in [6, 6.07) is -1.30. The number of carboxylic acid groups (broad SMARTS) is 1. The Bertz CT molecular complexity index is 344. The van der Waals surface area contributed by atoms with E-state index in [-0.39, 0.29) is 12.5 Å². The monoisotopic (exact) mass is 288 g/mol. The second kappa shape index (κ2) is 9.17. The first kappa shape index (κ1) is 18.2. The predicted molar refractivity (Wildman–Crippen MR) is 73.2 cm³/mol. The number of carboxylic acids is 1. The number of carbonyl (C=O) groups excluding carboxylic acids is 2. The van der Waals surface area contributed by atoms with E-state index in [2.05, 4.69) is 15.4 Å². The van der Waals surface area contributed by atoms with Crippen LogP contribution in [-0.2, 0) is 14.3 Å². The van der Waals surface area contributed by atoms with E-state index in [1.54, 1.807) is 6.92 Å². The fourth-order valence-electron chi connectivity index (χ4n) is 1.66. The molecule has 0 spiro atoms. The summed E-state index contributed by atoms with van der Waals surface area (Å²) in [7, 11) is 1.26. The lowest BCUT2D eigenvalue weighted by molar-refractivity contribution is -0.143. The molecule has 0 aliphatic heterocycles. The Morgan fingerprint density at radius 1 is 1.25 bits per heavy atom. The van der Waals surface area contributed by atoms with Crippen molar-refractivity contribution in [1.82, 2.24) is 10.6 Å². The minimum Gasteiger partial charge on any atom is -0.481 e. The number of hydrogen-bond acceptors (Lipinski definition) is 4. The number of rotatable bonds is 8. The molecular weight excluding hydrogens is 264 g/mol. The summed E-state index contributed by atoms with van der Waals surface area (Å²) in [5, 5.41) is 13.8. The minimum atomic E-state index is -0.959. The van der Waals surface area contributed by atoms with Crippen LogP contribution in [0.2, 0.25) is 0 Å². The Morgan fingerprint density at radius 3 is 2.25 bits per heavy atom. The molecule has 2 atom stereocenters. The van der Waals surface area contributed by atoms with Gasteiger partial charge in [0.25, 0.3) is 0 Å². The fraction of sp³-hybridized carbons (Fsp3) is 0.769. The van der Waals surface area contributed by atoms with Crippen LogP contribution in [0.4, 0.5) is 4.79 Å². The molecule has 2 unspecified atom stereocenters. The van der Waals surface area contributed by atoms with Gasteiger partial charge in [0.05, 0.1) is 13.0 Å². The van der Waals surface area contributed by atoms with Crippen LogP contribution in [0.1, 0.15) is 33.6 Å². The Balaban J connectivity index is 4.38. The van der Waals surface area contributed by atoms with E-state index in [0.29, 0.717) is 12.8 Å². The van der Waals surface area contributed by atoms with Crippen molar-refractivity contribution in [2.45, 2.75) is 39.7 Å². The zero-order chi connectivity index (χ0) is 15.7. The highest BCUT2D eigenvalue weighted by Gasteiger charge is 2.23. The lowest BCUT2D eigenvalue weighted by Gasteiger charge is -2.19. The maximum atomic E-state index is 11.7. The predicted octanol–water partition coefficient (Wildman–Crippen LogP) is 0.984. The number of hydrogen-bond donors (Lipinski definition) is 3. The van der Waals surface area contributed by atoms with Gasteiger partial charge in [-0.1, -0.05) is 20.8 Å². The van der Waals surface area contributed by atoms with Gasteiger partial charge in [0.15, 0.2) is 0 Å². The highest BCUT2D eigenvalue weighted by atomic mass is 16.5. The van der Waals surface area contributed by atoms with E-state index < -0.39 is 29.9 Å². The SMILES string of the molecule is CCC(CNC(=O)NC(CC(C)C)C(=O)OC)C(=O)O. The molecule has 116 valence electrons. The molecule has 0 radical (unpaired) electrons. The van der Waals surface area contributed by atoms with Crippen LogP contribution >= 0.6 is 0 Å². The van der Waals surface area contributed by atoms with Crippen LogP contribution in [0.3, 0.4) is 0 Å². The molecule has 2 amide bonds. The first-order valence-corrected chi connectivity index (χ1v) is 6.66. The number of ether oxygens (including phenoxy) is 1. The zero-order valence-corrected chi connectivity index (χ0v) is 12.4. The average Bonchev–Trinajstić information content (AvgIpc) is 2.36. The van der Waals surface area contributed by atoms with Crippen molar-refractivity contribution in [3.63, 3.8) is 0 Å². The summed E-state index contributed by atoms with van der Waals surface area (Å²) in [6.07, 6.45) is 0.873. The molecule has 3 N–H and O–H groups in total. The highest BCUT2D eigenvalue weighted by molar-refractivity contribution is 5.83. The normalized spacial score (nSPS) is 13.4. The summed E-state index contributed by atoms with van der Waals surface area (Å²) in [5.41, 5.74) is 0. The Labute approximate surface area is 119 Å². The van der Waals surface area contributed by atoms with Gasteiger partial charge < -0.3 is 20.5 Å². The smallest absolute Gasteiger partial charge is 0.328 e. The van der Waals surface area contributed by atoms with Gasteiger partial charge in [0.1, 0.15) is 6.04 Å². The first-order chi connectivity index (χ1) is 9.31. The van der Waals surface area contributed by atoms with E-state index in [1.165, 1.54) is 7.11 Å². The number of amides is 2. The summed E-state index contributed by atoms with van der Waals surface area (Å²) < 4.78 is 4.62. The van der Waals surface area contributed by atoms with Gasteiger partial charge in [-0.3, -0.25) is 4.79 Å². The molecule has 7 heteroatoms. The molecule has 0 fully saturated rings. The molecule has 20 heavy (non-hydrogen) atoms. The number of aliphatic carboxylic acids is 1. The molecule has 0 heterocycles. The van der Waals surface area contributed by atoms with E-state index in [4.69, 9.17) is 5.11 Å². The second-order valence-electron chi connectivity index (χ2n) is 5.00. The fourth-order valence-corrected chi connectivity index (χ4v) is 1.66. The quantitative estimate of drug-likeness (QED) is 0.578. The molecule has 0 aliphatic rings. The van der Waals surface area contributed by atoms with E-state index in [0.717, 1.165) is 0 Å². The molecule has 0 saturated heterocycles. The van der Waals surface area contributed by atoms with Gasteiger partial charge in [0.2, 0.25) is 0 Å². The van der Waals surface area contributed by atoms with Crippen molar-refractivity contribution in [3.8, 4) is 0 Å². The summed E-state index contributed by atoms with van der Waals surface area (Å²) in [6.45, 7) is 5.60. The number of urea groups is 1. The molecule has 0 saturated carbocycles. The van der Waals surface area contributed by atoms with Gasteiger partial charge in [-0.15, -0.1) is 0 Å². The van der Waals surface area contributed by atoms with Crippen LogP contribution in [0.25, 0.3) is 0 Å². The van der Waals surface area contributed by atoms with Crippen LogP contribution in [0.5, 0.6) is 0 Å². The number of nitrogens with one attached hydrogen (secondary N) is 2. The Morgan fingerprint density at radius 2 is 1.85 bits per heavy atom. The number of methoxy groups -OCH3 is 1. The third-order valence-corrected chi connectivity index (χ3v) is 2.85. The van der Waals surface area contributed by atoms with Crippen LogP contribution in [0, 0.1) is 11.8 Å². The number of esters is 1. The summed E-state index contributed by atoms with van der Waals surface area (Å²) in [5.74, 6) is -1.90. The van der Waals surface area contributed by atoms with Gasteiger partial charge in [0, 0.05) is 6.54 Å². The van der Waals surface area contributed by atoms with Crippen molar-refractivity contribution in [2.75, 3.05) is 13.7 Å². The highest BCUT2D eigenvalue weighted by Crippen LogP contribution is 2.06. The lowest BCUT2D eigenvalue weighted by Crippen LogP contribution is -2.48. The van der Waals surface area contributed by atoms with Crippen molar-refractivity contribution >= 4 is 18.0 Å². The van der Waals surface area contributed by atoms with Gasteiger partial charge in [-0.25, -0.2) is 9.59 Å². The maximum absolute atomic E-state index is 11.7. The topological polar surface area (TPSA) is 105 Å². The van der Waals surface area contributed by atoms with Crippen molar-refractivity contribution in [1.29, 1.82) is 0 Å². The standard InChI is InChI=1S/C13H24N2O5/c1-5-9(11(16)17)7-14-13(19)15-10(6-8(2)3)12(18)20-4/h8-10H,5-7H2,1-4H3,(H,16,17)(H2,14,15,19). The summed E-state index contributed by atoms with van der Waals surface area (Å²) in [4.78, 5) is 34.0. The lowest BCUT2D eigenvalue weighted by atomic mass is 10.0. The summed E-state index contributed by atoms with van der Waals surface area (Å²) >= 11 is 0. The van der Waals surface area contributed by atoms with E-state index in [1.807, 2.05) is 13.8 Å². The molecule has 7 nitrogen and oxygen atoms in total. The zero-order valence-electron chi connectivity index (χ0n) is 12.4. The van der Waals surface area contributed by atoms with E-state index >= 15 is 0 Å².